The van der Waals surface area contributed by atoms with Crippen molar-refractivity contribution in [2.75, 3.05) is 17.3 Å². The highest BCUT2D eigenvalue weighted by atomic mass is 32.2. The molecule has 1 unspecified atom stereocenters. The van der Waals surface area contributed by atoms with Gasteiger partial charge in [-0.2, -0.15) is 10.5 Å². The average Bonchev–Trinajstić information content (AvgIpc) is 2.64. The number of aryl methyl sites for hydroxylation is 2. The summed E-state index contributed by atoms with van der Waals surface area (Å²) in [6.07, 6.45) is 14.2. The molecule has 1 aromatic carbocycles. The quantitative estimate of drug-likeness (QED) is 0.169. The van der Waals surface area contributed by atoms with Gasteiger partial charge in [-0.1, -0.05) is 64.3 Å². The van der Waals surface area contributed by atoms with E-state index in [1.807, 2.05) is 18.7 Å². The molecule has 3 heteroatoms. The number of thioether (sulfide) groups is 1. The van der Waals surface area contributed by atoms with Gasteiger partial charge < -0.3 is 5.11 Å². The van der Waals surface area contributed by atoms with Crippen LogP contribution in [0.3, 0.4) is 0 Å². The van der Waals surface area contributed by atoms with Crippen LogP contribution in [-0.4, -0.2) is 28.2 Å². The van der Waals surface area contributed by atoms with E-state index in [0.717, 1.165) is 22.6 Å². The Morgan fingerprint density at radius 3 is 2.33 bits per heavy atom. The van der Waals surface area contributed by atoms with Gasteiger partial charge in [-0.25, -0.2) is 0 Å². The minimum Gasteiger partial charge on any atom is -0.507 e. The van der Waals surface area contributed by atoms with E-state index in [4.69, 9.17) is 0 Å². The summed E-state index contributed by atoms with van der Waals surface area (Å²) in [7, 11) is 0.377. The topological polar surface area (TPSA) is 20.2 Å². The van der Waals surface area contributed by atoms with E-state index in [0.29, 0.717) is 16.2 Å². The molecule has 0 aliphatic rings. The Hall–Kier alpha value is -0.410. The molecule has 0 spiro atoms. The molecule has 0 aliphatic carbocycles. The van der Waals surface area contributed by atoms with Crippen molar-refractivity contribution in [1.29, 1.82) is 0 Å². The first-order valence-electron chi connectivity index (χ1n) is 11.0. The monoisotopic (exact) mass is 410 g/mol. The minimum absolute atomic E-state index is 0.377. The lowest BCUT2D eigenvalue weighted by atomic mass is 10.0. The summed E-state index contributed by atoms with van der Waals surface area (Å²) in [5, 5.41) is 10.4. The van der Waals surface area contributed by atoms with Gasteiger partial charge >= 0.3 is 0 Å². The summed E-state index contributed by atoms with van der Waals surface area (Å²) >= 11 is 1.84. The molecular weight excluding hydrogens is 368 g/mol. The summed E-state index contributed by atoms with van der Waals surface area (Å²) in [5.41, 5.74) is 2.41. The molecule has 0 bridgehead atoms. The summed E-state index contributed by atoms with van der Waals surface area (Å²) in [6.45, 7) is 6.55. The maximum absolute atomic E-state index is 10.4. The van der Waals surface area contributed by atoms with Crippen LogP contribution in [0.25, 0.3) is 0 Å². The van der Waals surface area contributed by atoms with Crippen LogP contribution in [-0.2, 0) is 6.42 Å². The molecule has 27 heavy (non-hydrogen) atoms. The lowest BCUT2D eigenvalue weighted by Crippen LogP contribution is -1.92. The number of benzene rings is 1. The average molecular weight is 411 g/mol. The van der Waals surface area contributed by atoms with Crippen LogP contribution >= 0.6 is 22.2 Å². The van der Waals surface area contributed by atoms with E-state index in [-0.39, 0.29) is 0 Å². The third-order valence-corrected chi connectivity index (χ3v) is 7.94. The second kappa shape index (κ2) is 15.5. The van der Waals surface area contributed by atoms with Gasteiger partial charge in [-0.05, 0) is 73.5 Å². The van der Waals surface area contributed by atoms with Crippen LogP contribution in [0.2, 0.25) is 0 Å². The van der Waals surface area contributed by atoms with Crippen LogP contribution in [0.4, 0.5) is 0 Å². The molecule has 156 valence electrons. The third-order valence-electron chi connectivity index (χ3n) is 4.97. The first-order chi connectivity index (χ1) is 13.1. The fourth-order valence-electron chi connectivity index (χ4n) is 3.34. The van der Waals surface area contributed by atoms with Crippen molar-refractivity contribution in [2.45, 2.75) is 96.3 Å². The predicted molar refractivity (Wildman–Crippen MR) is 129 cm³/mol. The summed E-state index contributed by atoms with van der Waals surface area (Å²) in [6, 6.07) is 4.40. The van der Waals surface area contributed by atoms with E-state index in [9.17, 15) is 5.11 Å². The van der Waals surface area contributed by atoms with Gasteiger partial charge in [-0.3, -0.25) is 0 Å². The molecule has 1 atom stereocenters. The molecule has 0 fully saturated rings. The molecule has 1 nitrogen and oxygen atoms in total. The van der Waals surface area contributed by atoms with E-state index in [2.05, 4.69) is 31.9 Å². The Bertz CT molecular complexity index is 539. The van der Waals surface area contributed by atoms with Gasteiger partial charge in [0.25, 0.3) is 0 Å². The molecular formula is C24H42OS2. The number of hydrogen-bond acceptors (Lipinski definition) is 2. The zero-order valence-electron chi connectivity index (χ0n) is 18.0. The highest BCUT2D eigenvalue weighted by Crippen LogP contribution is 2.34. The first-order valence-corrected chi connectivity index (χ1v) is 13.7. The second-order valence-corrected chi connectivity index (χ2v) is 10.9. The van der Waals surface area contributed by atoms with Gasteiger partial charge in [0.15, 0.2) is 0 Å². The lowest BCUT2D eigenvalue weighted by Gasteiger charge is -2.11. The van der Waals surface area contributed by atoms with Crippen molar-refractivity contribution < 1.29 is 5.11 Å². The maximum atomic E-state index is 10.4. The molecule has 1 rings (SSSR count). The highest BCUT2D eigenvalue weighted by molar-refractivity contribution is 8.14. The van der Waals surface area contributed by atoms with Gasteiger partial charge in [0.05, 0.1) is 0 Å². The number of phenols is 1. The Morgan fingerprint density at radius 1 is 0.889 bits per heavy atom. The van der Waals surface area contributed by atoms with E-state index >= 15 is 0 Å². The Balaban J connectivity index is 2.34. The van der Waals surface area contributed by atoms with Crippen molar-refractivity contribution in [2.24, 2.45) is 0 Å². The lowest BCUT2D eigenvalue weighted by molar-refractivity contribution is 0.457. The van der Waals surface area contributed by atoms with Crippen LogP contribution < -0.4 is 0 Å². The fourth-order valence-corrected chi connectivity index (χ4v) is 5.84. The van der Waals surface area contributed by atoms with Crippen molar-refractivity contribution >= 4 is 28.1 Å². The molecule has 0 aromatic heterocycles. The second-order valence-electron chi connectivity index (χ2n) is 7.71. The normalized spacial score (nSPS) is 12.4. The Kier molecular flexibility index (Phi) is 14.1. The summed E-state index contributed by atoms with van der Waals surface area (Å²) in [5.74, 6) is 8.46. The number of unbranched alkanes of at least 4 members (excludes halogenated alkanes) is 7. The molecule has 0 saturated carbocycles. The van der Waals surface area contributed by atoms with Crippen LogP contribution in [0.5, 0.6) is 5.75 Å². The molecule has 0 saturated heterocycles. The SMILES string of the molecule is C=S(CCC)CCCCCc1cc(C)c(O)c(SCCCCCCCC)c1. The van der Waals surface area contributed by atoms with Gasteiger partial charge in [0, 0.05) is 4.90 Å². The number of aromatic hydroxyl groups is 1. The number of rotatable bonds is 16. The number of hydrogen-bond donors (Lipinski definition) is 1. The zero-order valence-corrected chi connectivity index (χ0v) is 19.7. The van der Waals surface area contributed by atoms with Crippen LogP contribution in [0, 0.1) is 6.92 Å². The van der Waals surface area contributed by atoms with E-state index in [1.165, 1.54) is 81.3 Å². The molecule has 0 aliphatic heterocycles. The number of phenolic OH excluding ortho intramolecular Hbond substituents is 1. The molecule has 0 radical (unpaired) electrons. The van der Waals surface area contributed by atoms with Gasteiger partial charge in [0.2, 0.25) is 0 Å². The fraction of sp³-hybridized carbons (Fsp3) is 0.708. The Labute approximate surface area is 175 Å². The van der Waals surface area contributed by atoms with Crippen molar-refractivity contribution in [1.82, 2.24) is 0 Å². The standard InChI is InChI=1S/C24H42OS2/c1-5-7-8-9-10-13-16-26-23-20-22(19-21(3)24(23)25)15-12-11-14-18-27(4)17-6-2/h19-20,25H,4-18H2,1-3H3. The van der Waals surface area contributed by atoms with Crippen LogP contribution in [0.15, 0.2) is 17.0 Å². The highest BCUT2D eigenvalue weighted by Gasteiger charge is 2.08. The van der Waals surface area contributed by atoms with E-state index < -0.39 is 0 Å². The van der Waals surface area contributed by atoms with Crippen LogP contribution in [0.1, 0.15) is 89.2 Å². The van der Waals surface area contributed by atoms with Crippen molar-refractivity contribution in [3.63, 3.8) is 0 Å². The van der Waals surface area contributed by atoms with Crippen molar-refractivity contribution in [3.8, 4) is 5.75 Å². The van der Waals surface area contributed by atoms with Gasteiger partial charge in [0.1, 0.15) is 5.75 Å². The maximum Gasteiger partial charge on any atom is 0.132 e. The Morgan fingerprint density at radius 2 is 1.59 bits per heavy atom. The molecule has 1 aromatic rings. The summed E-state index contributed by atoms with van der Waals surface area (Å²) < 4.78 is 0. The minimum atomic E-state index is 0.377. The molecule has 1 N–H and O–H groups in total. The third kappa shape index (κ3) is 11.2. The van der Waals surface area contributed by atoms with Crippen molar-refractivity contribution in [3.05, 3.63) is 23.3 Å². The van der Waals surface area contributed by atoms with E-state index in [1.54, 1.807) is 0 Å². The smallest absolute Gasteiger partial charge is 0.132 e. The van der Waals surface area contributed by atoms with Gasteiger partial charge in [-0.15, -0.1) is 11.8 Å². The first kappa shape index (κ1) is 24.6. The predicted octanol–water partition coefficient (Wildman–Crippen LogP) is 7.98. The molecule has 0 heterocycles. The zero-order chi connectivity index (χ0) is 19.9. The summed E-state index contributed by atoms with van der Waals surface area (Å²) in [4.78, 5) is 1.08. The molecule has 0 amide bonds. The largest absolute Gasteiger partial charge is 0.507 e.